The van der Waals surface area contributed by atoms with Crippen molar-refractivity contribution in [3.8, 4) is 5.75 Å². The Balaban J connectivity index is 1.95. The highest BCUT2D eigenvalue weighted by atomic mass is 19.1. The first kappa shape index (κ1) is 13.7. The molecule has 1 N–H and O–H groups in total. The molecule has 102 valence electrons. The highest BCUT2D eigenvalue weighted by molar-refractivity contribution is 5.84. The van der Waals surface area contributed by atoms with E-state index in [2.05, 4.69) is 4.98 Å². The van der Waals surface area contributed by atoms with Gasteiger partial charge in [0, 0.05) is 6.08 Å². The van der Waals surface area contributed by atoms with Gasteiger partial charge in [0.25, 0.3) is 0 Å². The van der Waals surface area contributed by atoms with Gasteiger partial charge in [0.05, 0.1) is 11.9 Å². The van der Waals surface area contributed by atoms with Gasteiger partial charge in [0.2, 0.25) is 0 Å². The summed E-state index contributed by atoms with van der Waals surface area (Å²) < 4.78 is 18.4. The monoisotopic (exact) mass is 273 g/mol. The highest BCUT2D eigenvalue weighted by Gasteiger charge is 1.98. The molecule has 1 aromatic carbocycles. The van der Waals surface area contributed by atoms with Gasteiger partial charge in [-0.2, -0.15) is 0 Å². The minimum atomic E-state index is -1.03. The molecule has 0 aliphatic rings. The number of nitrogens with zero attached hydrogens (tertiary/aromatic N) is 1. The van der Waals surface area contributed by atoms with E-state index in [0.29, 0.717) is 11.4 Å². The van der Waals surface area contributed by atoms with Crippen LogP contribution in [0.25, 0.3) is 6.08 Å². The second kappa shape index (κ2) is 6.47. The molecule has 20 heavy (non-hydrogen) atoms. The van der Waals surface area contributed by atoms with Crippen LogP contribution in [0.3, 0.4) is 0 Å². The van der Waals surface area contributed by atoms with Crippen molar-refractivity contribution in [1.82, 2.24) is 4.98 Å². The van der Waals surface area contributed by atoms with Crippen molar-refractivity contribution in [2.24, 2.45) is 0 Å². The standard InChI is InChI=1S/C15H12FNO3/c16-12-3-1-2-11(8-12)10-20-14-6-4-13(17-9-14)5-7-15(18)19/h1-9H,10H2,(H,18,19)/b7-5+. The van der Waals surface area contributed by atoms with Crippen LogP contribution in [0.4, 0.5) is 4.39 Å². The van der Waals surface area contributed by atoms with Crippen LogP contribution in [0.15, 0.2) is 48.7 Å². The normalized spacial score (nSPS) is 10.7. The summed E-state index contributed by atoms with van der Waals surface area (Å²) >= 11 is 0. The third-order valence-corrected chi connectivity index (χ3v) is 2.45. The summed E-state index contributed by atoms with van der Waals surface area (Å²) in [4.78, 5) is 14.4. The molecule has 0 unspecified atom stereocenters. The summed E-state index contributed by atoms with van der Waals surface area (Å²) in [6.07, 6.45) is 3.88. The van der Waals surface area contributed by atoms with E-state index in [1.165, 1.54) is 24.4 Å². The number of halogens is 1. The molecule has 0 amide bonds. The van der Waals surface area contributed by atoms with Gasteiger partial charge in [-0.05, 0) is 35.9 Å². The van der Waals surface area contributed by atoms with Crippen LogP contribution in [0.5, 0.6) is 5.75 Å². The topological polar surface area (TPSA) is 59.4 Å². The minimum absolute atomic E-state index is 0.240. The van der Waals surface area contributed by atoms with E-state index >= 15 is 0 Å². The minimum Gasteiger partial charge on any atom is -0.487 e. The number of ether oxygens (including phenoxy) is 1. The Morgan fingerprint density at radius 1 is 1.35 bits per heavy atom. The molecule has 0 radical (unpaired) electrons. The molecule has 1 aromatic heterocycles. The lowest BCUT2D eigenvalue weighted by molar-refractivity contribution is -0.131. The second-order valence-electron chi connectivity index (χ2n) is 4.01. The summed E-state index contributed by atoms with van der Waals surface area (Å²) in [5, 5.41) is 8.49. The molecular formula is C15H12FNO3. The predicted octanol–water partition coefficient (Wildman–Crippen LogP) is 2.90. The van der Waals surface area contributed by atoms with Crippen molar-refractivity contribution in [3.05, 3.63) is 65.7 Å². The van der Waals surface area contributed by atoms with Crippen molar-refractivity contribution < 1.29 is 19.0 Å². The number of hydrogen-bond donors (Lipinski definition) is 1. The zero-order chi connectivity index (χ0) is 14.4. The summed E-state index contributed by atoms with van der Waals surface area (Å²) in [5.41, 5.74) is 1.24. The van der Waals surface area contributed by atoms with E-state index in [0.717, 1.165) is 11.6 Å². The number of aliphatic carboxylic acids is 1. The molecule has 2 aromatic rings. The van der Waals surface area contributed by atoms with Gasteiger partial charge in [-0.25, -0.2) is 9.18 Å². The first-order chi connectivity index (χ1) is 9.63. The van der Waals surface area contributed by atoms with Gasteiger partial charge in [0.15, 0.2) is 0 Å². The number of carbonyl (C=O) groups is 1. The zero-order valence-corrected chi connectivity index (χ0v) is 10.5. The second-order valence-corrected chi connectivity index (χ2v) is 4.01. The van der Waals surface area contributed by atoms with Crippen LogP contribution in [-0.4, -0.2) is 16.1 Å². The first-order valence-electron chi connectivity index (χ1n) is 5.88. The smallest absolute Gasteiger partial charge is 0.328 e. The first-order valence-corrected chi connectivity index (χ1v) is 5.88. The molecule has 0 bridgehead atoms. The van der Waals surface area contributed by atoms with E-state index in [1.807, 2.05) is 0 Å². The number of rotatable bonds is 5. The van der Waals surface area contributed by atoms with Crippen LogP contribution >= 0.6 is 0 Å². The van der Waals surface area contributed by atoms with E-state index in [-0.39, 0.29) is 12.4 Å². The molecular weight excluding hydrogens is 261 g/mol. The Kier molecular flexibility index (Phi) is 4.44. The average molecular weight is 273 g/mol. The van der Waals surface area contributed by atoms with E-state index in [1.54, 1.807) is 24.3 Å². The third kappa shape index (κ3) is 4.20. The molecule has 2 rings (SSSR count). The number of hydrogen-bond acceptors (Lipinski definition) is 3. The van der Waals surface area contributed by atoms with Gasteiger partial charge in [-0.15, -0.1) is 0 Å². The van der Waals surface area contributed by atoms with Crippen LogP contribution in [0.2, 0.25) is 0 Å². The van der Waals surface area contributed by atoms with Gasteiger partial charge >= 0.3 is 5.97 Å². The van der Waals surface area contributed by atoms with Crippen LogP contribution in [0, 0.1) is 5.82 Å². The molecule has 5 heteroatoms. The lowest BCUT2D eigenvalue weighted by Crippen LogP contribution is -1.96. The Bertz CT molecular complexity index is 623. The van der Waals surface area contributed by atoms with Gasteiger partial charge in [0.1, 0.15) is 18.2 Å². The fourth-order valence-electron chi connectivity index (χ4n) is 1.53. The molecule has 0 aliphatic heterocycles. The van der Waals surface area contributed by atoms with Crippen LogP contribution in [0.1, 0.15) is 11.3 Å². The average Bonchev–Trinajstić information content (AvgIpc) is 2.44. The molecule has 0 aliphatic carbocycles. The molecule has 1 heterocycles. The molecule has 0 fully saturated rings. The van der Waals surface area contributed by atoms with Crippen molar-refractivity contribution >= 4 is 12.0 Å². The molecule has 4 nitrogen and oxygen atoms in total. The number of benzene rings is 1. The summed E-state index contributed by atoms with van der Waals surface area (Å²) in [7, 11) is 0. The van der Waals surface area contributed by atoms with Gasteiger partial charge in [-0.3, -0.25) is 4.98 Å². The Morgan fingerprint density at radius 2 is 2.20 bits per heavy atom. The molecule has 0 spiro atoms. The molecule has 0 saturated carbocycles. The maximum absolute atomic E-state index is 13.0. The fraction of sp³-hybridized carbons (Fsp3) is 0.0667. The van der Waals surface area contributed by atoms with Gasteiger partial charge < -0.3 is 9.84 Å². The summed E-state index contributed by atoms with van der Waals surface area (Å²) in [6.45, 7) is 0.240. The summed E-state index contributed by atoms with van der Waals surface area (Å²) in [6, 6.07) is 9.47. The Labute approximate surface area is 115 Å². The predicted molar refractivity (Wildman–Crippen MR) is 71.6 cm³/mol. The van der Waals surface area contributed by atoms with Crippen molar-refractivity contribution in [1.29, 1.82) is 0 Å². The maximum atomic E-state index is 13.0. The largest absolute Gasteiger partial charge is 0.487 e. The van der Waals surface area contributed by atoms with Crippen molar-refractivity contribution in [3.63, 3.8) is 0 Å². The van der Waals surface area contributed by atoms with Crippen LogP contribution < -0.4 is 4.74 Å². The van der Waals surface area contributed by atoms with Crippen molar-refractivity contribution in [2.45, 2.75) is 6.61 Å². The summed E-state index contributed by atoms with van der Waals surface area (Å²) in [5.74, 6) is -0.807. The molecule has 0 saturated heterocycles. The van der Waals surface area contributed by atoms with Crippen LogP contribution in [-0.2, 0) is 11.4 Å². The lowest BCUT2D eigenvalue weighted by atomic mass is 10.2. The third-order valence-electron chi connectivity index (χ3n) is 2.45. The quantitative estimate of drug-likeness (QED) is 0.851. The van der Waals surface area contributed by atoms with E-state index in [4.69, 9.17) is 9.84 Å². The van der Waals surface area contributed by atoms with Crippen molar-refractivity contribution in [2.75, 3.05) is 0 Å². The molecule has 0 atom stereocenters. The number of carboxylic acid groups (broad SMARTS) is 1. The van der Waals surface area contributed by atoms with E-state index in [9.17, 15) is 9.18 Å². The maximum Gasteiger partial charge on any atom is 0.328 e. The number of pyridine rings is 1. The van der Waals surface area contributed by atoms with E-state index < -0.39 is 5.97 Å². The Hall–Kier alpha value is -2.69. The zero-order valence-electron chi connectivity index (χ0n) is 10.5. The lowest BCUT2D eigenvalue weighted by Gasteiger charge is -2.06. The number of aromatic nitrogens is 1. The number of carboxylic acids is 1. The SMILES string of the molecule is O=C(O)/C=C/c1ccc(OCc2cccc(F)c2)cn1. The Morgan fingerprint density at radius 3 is 2.85 bits per heavy atom. The fourth-order valence-corrected chi connectivity index (χ4v) is 1.53. The van der Waals surface area contributed by atoms with Gasteiger partial charge in [-0.1, -0.05) is 12.1 Å². The highest BCUT2D eigenvalue weighted by Crippen LogP contribution is 2.13.